The van der Waals surface area contributed by atoms with Gasteiger partial charge in [-0.05, 0) is 87.4 Å². The quantitative estimate of drug-likeness (QED) is 0.309. The summed E-state index contributed by atoms with van der Waals surface area (Å²) in [7, 11) is 3.12. The van der Waals surface area contributed by atoms with Crippen molar-refractivity contribution in [3.8, 4) is 22.8 Å². The molecule has 9 nitrogen and oxygen atoms in total. The van der Waals surface area contributed by atoms with Gasteiger partial charge in [-0.1, -0.05) is 24.3 Å². The van der Waals surface area contributed by atoms with Gasteiger partial charge in [-0.2, -0.15) is 0 Å². The molecule has 2 atom stereocenters. The minimum Gasteiger partial charge on any atom is -0.496 e. The van der Waals surface area contributed by atoms with E-state index in [9.17, 15) is 9.59 Å². The van der Waals surface area contributed by atoms with Crippen molar-refractivity contribution in [1.82, 2.24) is 9.88 Å². The van der Waals surface area contributed by atoms with Crippen LogP contribution in [0.25, 0.3) is 11.3 Å². The Hall–Kier alpha value is -4.27. The van der Waals surface area contributed by atoms with Crippen molar-refractivity contribution in [3.63, 3.8) is 0 Å². The Balaban J connectivity index is 1.20. The number of carbonyl (C=O) groups excluding carboxylic acids is 2. The van der Waals surface area contributed by atoms with Crippen molar-refractivity contribution in [2.24, 2.45) is 11.3 Å². The maximum atomic E-state index is 12.7. The molecular formula is C35H41N3O6. The van der Waals surface area contributed by atoms with Crippen LogP contribution in [0.2, 0.25) is 0 Å². The van der Waals surface area contributed by atoms with Crippen molar-refractivity contribution < 1.29 is 28.5 Å². The zero-order valence-electron chi connectivity index (χ0n) is 26.4. The number of pyridine rings is 1. The van der Waals surface area contributed by atoms with Crippen molar-refractivity contribution in [2.75, 3.05) is 38.8 Å². The molecule has 2 aromatic carbocycles. The fraction of sp³-hybridized carbons (Fsp3) is 0.457. The molecule has 3 heterocycles. The summed E-state index contributed by atoms with van der Waals surface area (Å²) in [5, 5.41) is 0. The average Bonchev–Trinajstić information content (AvgIpc) is 3.58. The van der Waals surface area contributed by atoms with Crippen LogP contribution in [0.4, 0.5) is 10.6 Å². The molecule has 1 aromatic heterocycles. The summed E-state index contributed by atoms with van der Waals surface area (Å²) in [6, 6.07) is 16.2. The Morgan fingerprint density at radius 3 is 2.64 bits per heavy atom. The number of ether oxygens (including phenoxy) is 4. The Morgan fingerprint density at radius 1 is 1.09 bits per heavy atom. The standard InChI is InChI=1S/C35H41N3O6/c1-22-9-7-10-26(28-11-8-12-30(36-28)38-18-25-17-35(25,21-38)32(39)42-6)31(22)43-20-23-15-24-13-14-37(33(40)44-34(2,3)4)19-27(24)29(16-23)41-5/h7-12,15-16,25H,13-14,17-21H2,1-6H3/t25-,35-/m0/s1. The molecule has 0 spiro atoms. The van der Waals surface area contributed by atoms with E-state index < -0.39 is 5.60 Å². The Kier molecular flexibility index (Phi) is 7.68. The first-order valence-corrected chi connectivity index (χ1v) is 15.2. The molecule has 3 aliphatic rings. The second-order valence-corrected chi connectivity index (χ2v) is 13.1. The van der Waals surface area contributed by atoms with Crippen molar-refractivity contribution in [1.29, 1.82) is 0 Å². The van der Waals surface area contributed by atoms with E-state index in [0.717, 1.165) is 63.8 Å². The van der Waals surface area contributed by atoms with E-state index in [1.54, 1.807) is 12.0 Å². The maximum absolute atomic E-state index is 12.7. The second-order valence-electron chi connectivity index (χ2n) is 13.1. The lowest BCUT2D eigenvalue weighted by molar-refractivity contribution is -0.146. The molecule has 0 N–H and O–H groups in total. The zero-order chi connectivity index (χ0) is 31.2. The summed E-state index contributed by atoms with van der Waals surface area (Å²) in [4.78, 5) is 34.0. The van der Waals surface area contributed by atoms with Crippen molar-refractivity contribution in [3.05, 3.63) is 70.8 Å². The second kappa shape index (κ2) is 11.3. The minimum absolute atomic E-state index is 0.116. The molecule has 44 heavy (non-hydrogen) atoms. The number of anilines is 1. The lowest BCUT2D eigenvalue weighted by Crippen LogP contribution is -2.40. The normalized spacial score (nSPS) is 20.5. The Bertz CT molecular complexity index is 1580. The molecular weight excluding hydrogens is 558 g/mol. The fourth-order valence-electron chi connectivity index (χ4n) is 6.57. The molecule has 0 bridgehead atoms. The molecule has 0 radical (unpaired) electrons. The molecule has 2 fully saturated rings. The van der Waals surface area contributed by atoms with Gasteiger partial charge in [0.15, 0.2) is 0 Å². The van der Waals surface area contributed by atoms with Crippen LogP contribution in [0.3, 0.4) is 0 Å². The predicted octanol–water partition coefficient (Wildman–Crippen LogP) is 5.94. The number of hydrogen-bond acceptors (Lipinski definition) is 8. The van der Waals surface area contributed by atoms with Crippen LogP contribution in [0.15, 0.2) is 48.5 Å². The van der Waals surface area contributed by atoms with Gasteiger partial charge in [-0.25, -0.2) is 9.78 Å². The largest absolute Gasteiger partial charge is 0.496 e. The van der Waals surface area contributed by atoms with Crippen molar-refractivity contribution >= 4 is 17.9 Å². The number of carbonyl (C=O) groups is 2. The topological polar surface area (TPSA) is 90.4 Å². The highest BCUT2D eigenvalue weighted by molar-refractivity contribution is 5.83. The van der Waals surface area contributed by atoms with Crippen molar-refractivity contribution in [2.45, 2.75) is 59.3 Å². The molecule has 1 saturated heterocycles. The van der Waals surface area contributed by atoms with E-state index in [1.165, 1.54) is 7.11 Å². The van der Waals surface area contributed by atoms with E-state index in [1.807, 2.05) is 70.2 Å². The van der Waals surface area contributed by atoms with Crippen LogP contribution in [0, 0.1) is 18.3 Å². The summed E-state index contributed by atoms with van der Waals surface area (Å²) in [6.07, 6.45) is 1.29. The molecule has 9 heteroatoms. The number of para-hydroxylation sites is 1. The number of piperidine rings is 1. The van der Waals surface area contributed by atoms with Crippen LogP contribution in [-0.4, -0.2) is 61.4 Å². The zero-order valence-corrected chi connectivity index (χ0v) is 26.4. The summed E-state index contributed by atoms with van der Waals surface area (Å²) in [5.41, 5.74) is 4.96. The van der Waals surface area contributed by atoms with E-state index in [-0.39, 0.29) is 17.5 Å². The van der Waals surface area contributed by atoms with E-state index >= 15 is 0 Å². The number of fused-ring (bicyclic) bond motifs is 2. The van der Waals surface area contributed by atoms with E-state index in [0.29, 0.717) is 38.6 Å². The van der Waals surface area contributed by atoms with Gasteiger partial charge in [-0.15, -0.1) is 0 Å². The molecule has 1 aliphatic carbocycles. The van der Waals surface area contributed by atoms with E-state index in [4.69, 9.17) is 23.9 Å². The van der Waals surface area contributed by atoms with Gasteiger partial charge in [0.05, 0.1) is 31.9 Å². The smallest absolute Gasteiger partial charge is 0.410 e. The highest BCUT2D eigenvalue weighted by Gasteiger charge is 2.66. The molecule has 6 rings (SSSR count). The monoisotopic (exact) mass is 599 g/mol. The van der Waals surface area contributed by atoms with Crippen LogP contribution >= 0.6 is 0 Å². The number of nitrogens with zero attached hydrogens (tertiary/aromatic N) is 3. The highest BCUT2D eigenvalue weighted by atomic mass is 16.6. The van der Waals surface area contributed by atoms with Gasteiger partial charge < -0.3 is 28.7 Å². The SMILES string of the molecule is COC(=O)[C@]12C[C@H]1CN(c1cccc(-c3cccc(C)c3OCc3cc4c(c(OC)c3)CN(C(=O)OC(C)(C)C)CC4)n1)C2. The third kappa shape index (κ3) is 5.67. The third-order valence-corrected chi connectivity index (χ3v) is 8.90. The number of benzene rings is 2. The Labute approximate surface area is 259 Å². The molecule has 2 aliphatic heterocycles. The fourth-order valence-corrected chi connectivity index (χ4v) is 6.57. The Morgan fingerprint density at radius 2 is 1.89 bits per heavy atom. The van der Waals surface area contributed by atoms with Crippen LogP contribution in [0.1, 0.15) is 49.4 Å². The maximum Gasteiger partial charge on any atom is 0.410 e. The number of rotatable bonds is 7. The number of aryl methyl sites for hydroxylation is 1. The first-order valence-electron chi connectivity index (χ1n) is 15.2. The van der Waals surface area contributed by atoms with Gasteiger partial charge in [0.1, 0.15) is 29.5 Å². The molecule has 1 saturated carbocycles. The lowest BCUT2D eigenvalue weighted by Gasteiger charge is -2.32. The number of hydrogen-bond donors (Lipinski definition) is 0. The number of amides is 1. The lowest BCUT2D eigenvalue weighted by atomic mass is 9.96. The molecule has 3 aromatic rings. The summed E-state index contributed by atoms with van der Waals surface area (Å²) in [6.45, 7) is 10.5. The molecule has 232 valence electrons. The van der Waals surface area contributed by atoms with Gasteiger partial charge in [0.2, 0.25) is 0 Å². The summed E-state index contributed by atoms with van der Waals surface area (Å²) >= 11 is 0. The van der Waals surface area contributed by atoms with Crippen LogP contribution < -0.4 is 14.4 Å². The third-order valence-electron chi connectivity index (χ3n) is 8.90. The van der Waals surface area contributed by atoms with E-state index in [2.05, 4.69) is 11.0 Å². The van der Waals surface area contributed by atoms with Crippen LogP contribution in [-0.2, 0) is 33.8 Å². The number of esters is 1. The molecule has 0 unspecified atom stereocenters. The van der Waals surface area contributed by atoms with Crippen LogP contribution in [0.5, 0.6) is 11.5 Å². The van der Waals surface area contributed by atoms with Gasteiger partial charge >= 0.3 is 12.1 Å². The first kappa shape index (κ1) is 29.8. The summed E-state index contributed by atoms with van der Waals surface area (Å²) in [5.74, 6) is 2.58. The minimum atomic E-state index is -0.546. The molecule has 1 amide bonds. The average molecular weight is 600 g/mol. The summed E-state index contributed by atoms with van der Waals surface area (Å²) < 4.78 is 23.0. The van der Waals surface area contributed by atoms with Gasteiger partial charge in [0, 0.05) is 30.8 Å². The number of aromatic nitrogens is 1. The first-order chi connectivity index (χ1) is 21.0. The van der Waals surface area contributed by atoms with Gasteiger partial charge in [0.25, 0.3) is 0 Å². The van der Waals surface area contributed by atoms with Gasteiger partial charge in [-0.3, -0.25) is 4.79 Å². The highest BCUT2D eigenvalue weighted by Crippen LogP contribution is 2.59. The predicted molar refractivity (Wildman–Crippen MR) is 167 cm³/mol. The number of methoxy groups -OCH3 is 2.